The summed E-state index contributed by atoms with van der Waals surface area (Å²) in [6, 6.07) is 8.55. The zero-order valence-electron chi connectivity index (χ0n) is 21.0. The number of furan rings is 1. The SMILES string of the molecule is COc1ccc(NC(=O)Cn2c(=O)n(Cc3ccco3)c(=N)c3c4c(sc32)COC(C)(C)C4)c(OC)c1. The first kappa shape index (κ1) is 24.8. The molecule has 0 saturated heterocycles. The van der Waals surface area contributed by atoms with Crippen molar-refractivity contribution in [1.82, 2.24) is 9.13 Å². The van der Waals surface area contributed by atoms with E-state index in [0.29, 0.717) is 46.2 Å². The van der Waals surface area contributed by atoms with E-state index in [9.17, 15) is 9.59 Å². The number of benzene rings is 1. The van der Waals surface area contributed by atoms with Crippen LogP contribution in [-0.2, 0) is 35.6 Å². The summed E-state index contributed by atoms with van der Waals surface area (Å²) < 4.78 is 24.8. The van der Waals surface area contributed by atoms with E-state index in [1.54, 1.807) is 37.4 Å². The normalized spacial score (nSPS) is 14.4. The van der Waals surface area contributed by atoms with Gasteiger partial charge in [0.15, 0.2) is 0 Å². The molecule has 1 aromatic carbocycles. The third-order valence-electron chi connectivity index (χ3n) is 6.36. The van der Waals surface area contributed by atoms with Crippen LogP contribution in [0.3, 0.4) is 0 Å². The van der Waals surface area contributed by atoms with E-state index in [4.69, 9.17) is 24.0 Å². The number of ether oxygens (including phenoxy) is 3. The number of rotatable bonds is 7. The van der Waals surface area contributed by atoms with Gasteiger partial charge in [-0.05, 0) is 43.7 Å². The second-order valence-corrected chi connectivity index (χ2v) is 10.5. The highest BCUT2D eigenvalue weighted by molar-refractivity contribution is 7.18. The van der Waals surface area contributed by atoms with Crippen molar-refractivity contribution in [1.29, 1.82) is 5.41 Å². The molecular weight excluding hydrogens is 496 g/mol. The van der Waals surface area contributed by atoms with Crippen LogP contribution in [0.1, 0.15) is 30.0 Å². The number of fused-ring (bicyclic) bond motifs is 3. The van der Waals surface area contributed by atoms with Crippen molar-refractivity contribution in [2.24, 2.45) is 0 Å². The van der Waals surface area contributed by atoms with Gasteiger partial charge in [0, 0.05) is 17.4 Å². The average molecular weight is 525 g/mol. The minimum atomic E-state index is -0.468. The van der Waals surface area contributed by atoms with Gasteiger partial charge < -0.3 is 23.9 Å². The number of carbonyl (C=O) groups is 1. The molecule has 11 heteroatoms. The molecule has 5 rings (SSSR count). The van der Waals surface area contributed by atoms with Gasteiger partial charge >= 0.3 is 5.69 Å². The second kappa shape index (κ2) is 9.56. The average Bonchev–Trinajstić information content (AvgIpc) is 3.51. The molecule has 4 aromatic rings. The molecule has 0 bridgehead atoms. The van der Waals surface area contributed by atoms with Gasteiger partial charge in [0.25, 0.3) is 0 Å². The molecule has 37 heavy (non-hydrogen) atoms. The van der Waals surface area contributed by atoms with E-state index in [2.05, 4.69) is 5.32 Å². The highest BCUT2D eigenvalue weighted by atomic mass is 32.1. The highest BCUT2D eigenvalue weighted by Crippen LogP contribution is 2.37. The molecule has 0 spiro atoms. The monoisotopic (exact) mass is 524 g/mol. The minimum absolute atomic E-state index is 0.0824. The van der Waals surface area contributed by atoms with Gasteiger partial charge in [-0.2, -0.15) is 0 Å². The summed E-state index contributed by atoms with van der Waals surface area (Å²) in [6.07, 6.45) is 2.13. The lowest BCUT2D eigenvalue weighted by molar-refractivity contribution is -0.116. The van der Waals surface area contributed by atoms with Crippen LogP contribution in [0.5, 0.6) is 11.5 Å². The molecule has 2 N–H and O–H groups in total. The Labute approximate surface area is 216 Å². The Morgan fingerprint density at radius 2 is 2.03 bits per heavy atom. The summed E-state index contributed by atoms with van der Waals surface area (Å²) in [5.41, 5.74) is 0.673. The zero-order valence-corrected chi connectivity index (χ0v) is 21.9. The third kappa shape index (κ3) is 4.67. The van der Waals surface area contributed by atoms with Crippen molar-refractivity contribution in [3.05, 3.63) is 68.8 Å². The van der Waals surface area contributed by atoms with Crippen molar-refractivity contribution in [3.63, 3.8) is 0 Å². The highest BCUT2D eigenvalue weighted by Gasteiger charge is 2.31. The maximum atomic E-state index is 13.7. The van der Waals surface area contributed by atoms with Crippen LogP contribution < -0.4 is 26.0 Å². The number of nitrogens with zero attached hydrogens (tertiary/aromatic N) is 2. The molecule has 4 heterocycles. The maximum absolute atomic E-state index is 13.7. The fraction of sp³-hybridized carbons (Fsp3) is 0.346. The first-order chi connectivity index (χ1) is 17.7. The van der Waals surface area contributed by atoms with Crippen molar-refractivity contribution < 1.29 is 23.4 Å². The van der Waals surface area contributed by atoms with E-state index in [-0.39, 0.29) is 18.6 Å². The molecule has 0 atom stereocenters. The Balaban J connectivity index is 1.60. The summed E-state index contributed by atoms with van der Waals surface area (Å²) in [6.45, 7) is 4.24. The van der Waals surface area contributed by atoms with Crippen LogP contribution in [-0.4, -0.2) is 34.9 Å². The van der Waals surface area contributed by atoms with Gasteiger partial charge in [0.1, 0.15) is 34.1 Å². The van der Waals surface area contributed by atoms with Crippen molar-refractivity contribution >= 4 is 33.1 Å². The molecule has 0 radical (unpaired) electrons. The lowest BCUT2D eigenvalue weighted by Gasteiger charge is -2.30. The number of hydrogen-bond acceptors (Lipinski definition) is 8. The fourth-order valence-electron chi connectivity index (χ4n) is 4.52. The third-order valence-corrected chi connectivity index (χ3v) is 7.59. The van der Waals surface area contributed by atoms with Gasteiger partial charge in [-0.3, -0.25) is 19.3 Å². The number of carbonyl (C=O) groups excluding carboxylic acids is 1. The van der Waals surface area contributed by atoms with Crippen LogP contribution in [0.15, 0.2) is 45.8 Å². The van der Waals surface area contributed by atoms with Gasteiger partial charge in [0.2, 0.25) is 5.91 Å². The Hall–Kier alpha value is -3.83. The topological polar surface area (TPSA) is 121 Å². The number of hydrogen-bond donors (Lipinski definition) is 2. The molecule has 10 nitrogen and oxygen atoms in total. The summed E-state index contributed by atoms with van der Waals surface area (Å²) in [5.74, 6) is 1.16. The molecule has 1 amide bonds. The van der Waals surface area contributed by atoms with Crippen molar-refractivity contribution in [2.45, 2.75) is 45.6 Å². The van der Waals surface area contributed by atoms with E-state index in [1.807, 2.05) is 13.8 Å². The minimum Gasteiger partial charge on any atom is -0.497 e. The predicted molar refractivity (Wildman–Crippen MR) is 138 cm³/mol. The van der Waals surface area contributed by atoms with Crippen LogP contribution in [0.25, 0.3) is 10.2 Å². The molecule has 0 fully saturated rings. The first-order valence-electron chi connectivity index (χ1n) is 11.7. The van der Waals surface area contributed by atoms with Crippen LogP contribution >= 0.6 is 11.3 Å². The summed E-state index contributed by atoms with van der Waals surface area (Å²) >= 11 is 1.39. The Morgan fingerprint density at radius 1 is 1.22 bits per heavy atom. The Bertz CT molecular complexity index is 1600. The number of aromatic nitrogens is 2. The molecular formula is C26H28N4O6S. The largest absolute Gasteiger partial charge is 0.497 e. The van der Waals surface area contributed by atoms with Gasteiger partial charge in [0.05, 0.1) is 50.3 Å². The number of anilines is 1. The molecule has 3 aromatic heterocycles. The first-order valence-corrected chi connectivity index (χ1v) is 12.5. The molecule has 1 aliphatic rings. The van der Waals surface area contributed by atoms with Crippen LogP contribution in [0.4, 0.5) is 5.69 Å². The Kier molecular flexibility index (Phi) is 6.42. The molecule has 0 aliphatic carbocycles. The fourth-order valence-corrected chi connectivity index (χ4v) is 5.74. The van der Waals surface area contributed by atoms with Gasteiger partial charge in [-0.1, -0.05) is 0 Å². The smallest absolute Gasteiger partial charge is 0.331 e. The predicted octanol–water partition coefficient (Wildman–Crippen LogP) is 3.49. The lowest BCUT2D eigenvalue weighted by atomic mass is 9.94. The standard InChI is InChI=1S/C26H28N4O6S/c1-26(2)11-17-20(14-36-26)37-24-22(17)23(27)29(12-16-6-5-9-35-16)25(32)30(24)13-21(31)28-18-8-7-15(33-3)10-19(18)34-4/h5-10,27H,11-14H2,1-4H3,(H,28,31). The molecule has 0 unspecified atom stereocenters. The summed E-state index contributed by atoms with van der Waals surface area (Å²) in [4.78, 5) is 28.4. The molecule has 0 saturated carbocycles. The van der Waals surface area contributed by atoms with E-state index < -0.39 is 17.2 Å². The van der Waals surface area contributed by atoms with Crippen LogP contribution in [0.2, 0.25) is 0 Å². The zero-order chi connectivity index (χ0) is 26.3. The lowest BCUT2D eigenvalue weighted by Crippen LogP contribution is -2.42. The quantitative estimate of drug-likeness (QED) is 0.382. The van der Waals surface area contributed by atoms with Gasteiger partial charge in [-0.15, -0.1) is 11.3 Å². The molecule has 1 aliphatic heterocycles. The number of methoxy groups -OCH3 is 2. The van der Waals surface area contributed by atoms with E-state index in [0.717, 1.165) is 10.4 Å². The van der Waals surface area contributed by atoms with Crippen LogP contribution in [0, 0.1) is 5.41 Å². The van der Waals surface area contributed by atoms with E-state index in [1.165, 1.54) is 33.8 Å². The van der Waals surface area contributed by atoms with Gasteiger partial charge in [-0.25, -0.2) is 4.79 Å². The Morgan fingerprint density at radius 3 is 2.73 bits per heavy atom. The van der Waals surface area contributed by atoms with E-state index >= 15 is 0 Å². The summed E-state index contributed by atoms with van der Waals surface area (Å²) in [7, 11) is 3.05. The number of thiophene rings is 1. The number of nitrogens with one attached hydrogen (secondary N) is 2. The molecule has 194 valence electrons. The van der Waals surface area contributed by atoms with Crippen molar-refractivity contribution in [2.75, 3.05) is 19.5 Å². The summed E-state index contributed by atoms with van der Waals surface area (Å²) in [5, 5.41) is 12.5. The second-order valence-electron chi connectivity index (χ2n) is 9.41. The maximum Gasteiger partial charge on any atom is 0.331 e. The van der Waals surface area contributed by atoms with Crippen molar-refractivity contribution in [3.8, 4) is 11.5 Å². The number of amides is 1.